The lowest BCUT2D eigenvalue weighted by Crippen LogP contribution is -2.38. The van der Waals surface area contributed by atoms with Crippen molar-refractivity contribution in [2.75, 3.05) is 7.05 Å². The maximum absolute atomic E-state index is 11.5. The molecule has 0 radical (unpaired) electrons. The number of ether oxygens (including phenoxy) is 1. The molecule has 1 amide bonds. The first-order valence-electron chi connectivity index (χ1n) is 5.12. The Hall–Kier alpha value is -1.84. The van der Waals surface area contributed by atoms with Gasteiger partial charge in [0, 0.05) is 19.0 Å². The van der Waals surface area contributed by atoms with Crippen LogP contribution in [0.25, 0.3) is 0 Å². The quantitative estimate of drug-likeness (QED) is 0.765. The van der Waals surface area contributed by atoms with Crippen LogP contribution in [0.15, 0.2) is 24.3 Å². The molecule has 1 heterocycles. The van der Waals surface area contributed by atoms with Crippen LogP contribution in [-0.2, 0) is 4.79 Å². The number of Topliss-reactive ketones (excluding diaryl/α,β-unsaturated/α-hetero) is 1. The molecular weight excluding hydrogens is 206 g/mol. The zero-order valence-corrected chi connectivity index (χ0v) is 9.27. The summed E-state index contributed by atoms with van der Waals surface area (Å²) in [5.74, 6) is 0.609. The van der Waals surface area contributed by atoms with E-state index >= 15 is 0 Å². The Bertz CT molecular complexity index is 442. The molecule has 16 heavy (non-hydrogen) atoms. The minimum Gasteiger partial charge on any atom is -0.410 e. The molecule has 0 spiro atoms. The van der Waals surface area contributed by atoms with Crippen LogP contribution < -0.4 is 4.74 Å². The number of amides is 1. The lowest BCUT2D eigenvalue weighted by Gasteiger charge is -2.32. The average molecular weight is 219 g/mol. The first-order chi connectivity index (χ1) is 7.59. The molecule has 0 N–H and O–H groups in total. The highest BCUT2D eigenvalue weighted by Crippen LogP contribution is 2.35. The normalized spacial score (nSPS) is 19.0. The standard InChI is InChI=1S/C12H13NO3/c1-8(14)7-10-9-5-3-4-6-11(9)16-12(15)13(10)2/h3-6,10H,7H2,1-2H3. The predicted octanol–water partition coefficient (Wildman–Crippen LogP) is 2.15. The van der Waals surface area contributed by atoms with Crippen molar-refractivity contribution in [3.63, 3.8) is 0 Å². The smallest absolute Gasteiger partial charge is 0.410 e. The topological polar surface area (TPSA) is 46.6 Å². The molecule has 1 aromatic carbocycles. The molecule has 4 nitrogen and oxygen atoms in total. The summed E-state index contributed by atoms with van der Waals surface area (Å²) in [6.07, 6.45) is -0.0900. The van der Waals surface area contributed by atoms with Crippen molar-refractivity contribution in [2.45, 2.75) is 19.4 Å². The minimum absolute atomic E-state index is 0.0568. The summed E-state index contributed by atoms with van der Waals surface area (Å²) in [5, 5.41) is 0. The van der Waals surface area contributed by atoms with E-state index in [9.17, 15) is 9.59 Å². The van der Waals surface area contributed by atoms with Gasteiger partial charge >= 0.3 is 6.09 Å². The van der Waals surface area contributed by atoms with Gasteiger partial charge in [-0.25, -0.2) is 4.79 Å². The van der Waals surface area contributed by atoms with Gasteiger partial charge in [0.25, 0.3) is 0 Å². The molecule has 1 aromatic rings. The summed E-state index contributed by atoms with van der Waals surface area (Å²) in [6, 6.07) is 7.09. The number of benzene rings is 1. The summed E-state index contributed by atoms with van der Waals surface area (Å²) >= 11 is 0. The van der Waals surface area contributed by atoms with Gasteiger partial charge in [-0.15, -0.1) is 0 Å². The summed E-state index contributed by atoms with van der Waals surface area (Å²) in [5.41, 5.74) is 0.889. The van der Waals surface area contributed by atoms with Crippen LogP contribution in [-0.4, -0.2) is 23.8 Å². The molecule has 1 aliphatic rings. The number of carbonyl (C=O) groups is 2. The molecule has 84 valence electrons. The zero-order valence-electron chi connectivity index (χ0n) is 9.27. The van der Waals surface area contributed by atoms with Crippen LogP contribution in [0.4, 0.5) is 4.79 Å². The lowest BCUT2D eigenvalue weighted by molar-refractivity contribution is -0.118. The summed E-state index contributed by atoms with van der Waals surface area (Å²) in [7, 11) is 1.64. The second-order valence-corrected chi connectivity index (χ2v) is 3.94. The molecule has 2 rings (SSSR count). The Balaban J connectivity index is 2.41. The van der Waals surface area contributed by atoms with Crippen molar-refractivity contribution < 1.29 is 14.3 Å². The Morgan fingerprint density at radius 2 is 2.12 bits per heavy atom. The second kappa shape index (κ2) is 3.96. The van der Waals surface area contributed by atoms with E-state index in [1.165, 1.54) is 11.8 Å². The van der Waals surface area contributed by atoms with E-state index in [0.29, 0.717) is 12.2 Å². The van der Waals surface area contributed by atoms with Crippen molar-refractivity contribution in [2.24, 2.45) is 0 Å². The lowest BCUT2D eigenvalue weighted by atomic mass is 9.99. The van der Waals surface area contributed by atoms with E-state index in [2.05, 4.69) is 0 Å². The Morgan fingerprint density at radius 1 is 1.44 bits per heavy atom. The highest BCUT2D eigenvalue weighted by molar-refractivity contribution is 5.79. The largest absolute Gasteiger partial charge is 0.415 e. The fraction of sp³-hybridized carbons (Fsp3) is 0.333. The molecule has 0 aliphatic carbocycles. The predicted molar refractivity (Wildman–Crippen MR) is 58.3 cm³/mol. The maximum atomic E-state index is 11.5. The van der Waals surface area contributed by atoms with Crippen LogP contribution in [0.3, 0.4) is 0 Å². The summed E-state index contributed by atoms with van der Waals surface area (Å²) in [6.45, 7) is 1.52. The molecular formula is C12H13NO3. The van der Waals surface area contributed by atoms with E-state index < -0.39 is 6.09 Å². The number of fused-ring (bicyclic) bond motifs is 1. The van der Waals surface area contributed by atoms with E-state index in [-0.39, 0.29) is 11.8 Å². The van der Waals surface area contributed by atoms with E-state index in [1.807, 2.05) is 18.2 Å². The van der Waals surface area contributed by atoms with Gasteiger partial charge in [0.2, 0.25) is 0 Å². The van der Waals surface area contributed by atoms with Gasteiger partial charge in [-0.05, 0) is 13.0 Å². The third-order valence-corrected chi connectivity index (χ3v) is 2.71. The van der Waals surface area contributed by atoms with Gasteiger partial charge in [0.05, 0.1) is 6.04 Å². The number of ketones is 1. The van der Waals surface area contributed by atoms with Crippen LogP contribution in [0.5, 0.6) is 5.75 Å². The summed E-state index contributed by atoms with van der Waals surface area (Å²) in [4.78, 5) is 24.2. The maximum Gasteiger partial charge on any atom is 0.415 e. The number of hydrogen-bond donors (Lipinski definition) is 0. The SMILES string of the molecule is CC(=O)CC1c2ccccc2OC(=O)N1C. The average Bonchev–Trinajstić information content (AvgIpc) is 2.24. The van der Waals surface area contributed by atoms with Crippen LogP contribution in [0.2, 0.25) is 0 Å². The van der Waals surface area contributed by atoms with Crippen molar-refractivity contribution in [1.29, 1.82) is 0 Å². The first-order valence-corrected chi connectivity index (χ1v) is 5.12. The molecule has 0 fully saturated rings. The van der Waals surface area contributed by atoms with Crippen molar-refractivity contribution in [3.05, 3.63) is 29.8 Å². The highest BCUT2D eigenvalue weighted by Gasteiger charge is 2.31. The van der Waals surface area contributed by atoms with Crippen molar-refractivity contribution in [3.8, 4) is 5.75 Å². The Labute approximate surface area is 93.8 Å². The third kappa shape index (κ3) is 1.78. The monoisotopic (exact) mass is 219 g/mol. The molecule has 0 saturated heterocycles. The van der Waals surface area contributed by atoms with Gasteiger partial charge in [-0.3, -0.25) is 4.79 Å². The molecule has 1 atom stereocenters. The molecule has 1 aliphatic heterocycles. The number of hydrogen-bond acceptors (Lipinski definition) is 3. The van der Waals surface area contributed by atoms with Crippen LogP contribution in [0.1, 0.15) is 24.9 Å². The number of nitrogens with zero attached hydrogens (tertiary/aromatic N) is 1. The number of rotatable bonds is 2. The van der Waals surface area contributed by atoms with Crippen LogP contribution in [0, 0.1) is 0 Å². The fourth-order valence-corrected chi connectivity index (χ4v) is 1.87. The van der Waals surface area contributed by atoms with Crippen molar-refractivity contribution in [1.82, 2.24) is 4.90 Å². The van der Waals surface area contributed by atoms with Gasteiger partial charge in [0.1, 0.15) is 11.5 Å². The number of carbonyl (C=O) groups excluding carboxylic acids is 2. The minimum atomic E-state index is -0.412. The molecule has 0 aromatic heterocycles. The molecule has 1 unspecified atom stereocenters. The van der Waals surface area contributed by atoms with Crippen LogP contribution >= 0.6 is 0 Å². The van der Waals surface area contributed by atoms with E-state index in [1.54, 1.807) is 13.1 Å². The first kappa shape index (κ1) is 10.7. The second-order valence-electron chi connectivity index (χ2n) is 3.94. The van der Waals surface area contributed by atoms with E-state index in [0.717, 1.165) is 5.56 Å². The Morgan fingerprint density at radius 3 is 2.81 bits per heavy atom. The zero-order chi connectivity index (χ0) is 11.7. The van der Waals surface area contributed by atoms with E-state index in [4.69, 9.17) is 4.74 Å². The summed E-state index contributed by atoms with van der Waals surface area (Å²) < 4.78 is 5.13. The van der Waals surface area contributed by atoms with Gasteiger partial charge < -0.3 is 9.64 Å². The van der Waals surface area contributed by atoms with Gasteiger partial charge in [0.15, 0.2) is 0 Å². The third-order valence-electron chi connectivity index (χ3n) is 2.71. The highest BCUT2D eigenvalue weighted by atomic mass is 16.6. The Kier molecular flexibility index (Phi) is 2.64. The van der Waals surface area contributed by atoms with Gasteiger partial charge in [-0.2, -0.15) is 0 Å². The molecule has 4 heteroatoms. The molecule has 0 bridgehead atoms. The number of para-hydroxylation sites is 1. The molecule has 0 saturated carbocycles. The van der Waals surface area contributed by atoms with Gasteiger partial charge in [-0.1, -0.05) is 18.2 Å². The van der Waals surface area contributed by atoms with Crippen molar-refractivity contribution >= 4 is 11.9 Å². The fourth-order valence-electron chi connectivity index (χ4n) is 1.87.